The standard InChI is InChI=1S/C12H6F4O2S/c13-10-3-6(12(14,15)16)1-2-7(10)8-4-19-5-9(8)11(17)18/h1-5H,(H,17,18). The molecule has 0 spiro atoms. The Hall–Kier alpha value is -1.89. The van der Waals surface area contributed by atoms with Crippen molar-refractivity contribution in [2.75, 3.05) is 0 Å². The molecule has 1 heterocycles. The SMILES string of the molecule is O=C(O)c1cscc1-c1ccc(C(F)(F)F)cc1F. The first-order chi connectivity index (χ1) is 8.80. The molecule has 0 radical (unpaired) electrons. The van der Waals surface area contributed by atoms with Crippen LogP contribution in [0.3, 0.4) is 0 Å². The van der Waals surface area contributed by atoms with Crippen molar-refractivity contribution in [3.05, 3.63) is 45.9 Å². The molecule has 1 N–H and O–H groups in total. The fourth-order valence-electron chi connectivity index (χ4n) is 1.58. The lowest BCUT2D eigenvalue weighted by Crippen LogP contribution is -2.05. The number of rotatable bonds is 2. The van der Waals surface area contributed by atoms with Crippen molar-refractivity contribution in [2.24, 2.45) is 0 Å². The Kier molecular flexibility index (Phi) is 3.32. The Balaban J connectivity index is 2.53. The molecule has 19 heavy (non-hydrogen) atoms. The Morgan fingerprint density at radius 3 is 2.37 bits per heavy atom. The second-order valence-electron chi connectivity index (χ2n) is 3.70. The summed E-state index contributed by atoms with van der Waals surface area (Å²) in [4.78, 5) is 10.9. The van der Waals surface area contributed by atoms with Gasteiger partial charge in [0.05, 0.1) is 11.1 Å². The molecule has 2 aromatic rings. The molecule has 0 atom stereocenters. The summed E-state index contributed by atoms with van der Waals surface area (Å²) >= 11 is 1.04. The predicted octanol–water partition coefficient (Wildman–Crippen LogP) is 4.27. The molecule has 0 saturated heterocycles. The van der Waals surface area contributed by atoms with Gasteiger partial charge in [0.2, 0.25) is 0 Å². The first-order valence-corrected chi connectivity index (χ1v) is 5.91. The van der Waals surface area contributed by atoms with Crippen LogP contribution in [-0.2, 0) is 6.18 Å². The lowest BCUT2D eigenvalue weighted by molar-refractivity contribution is -0.137. The van der Waals surface area contributed by atoms with E-state index in [-0.39, 0.29) is 16.7 Å². The van der Waals surface area contributed by atoms with Crippen LogP contribution in [0.1, 0.15) is 15.9 Å². The predicted molar refractivity (Wildman–Crippen MR) is 61.7 cm³/mol. The van der Waals surface area contributed by atoms with Crippen LogP contribution in [0.25, 0.3) is 11.1 Å². The van der Waals surface area contributed by atoms with Crippen LogP contribution in [-0.4, -0.2) is 11.1 Å². The van der Waals surface area contributed by atoms with E-state index in [0.717, 1.165) is 23.5 Å². The lowest BCUT2D eigenvalue weighted by atomic mass is 10.0. The molecule has 0 aliphatic carbocycles. The van der Waals surface area contributed by atoms with E-state index in [0.29, 0.717) is 6.07 Å². The number of aromatic carboxylic acids is 1. The van der Waals surface area contributed by atoms with Gasteiger partial charge in [-0.25, -0.2) is 9.18 Å². The number of carboxylic acid groups (broad SMARTS) is 1. The molecule has 0 saturated carbocycles. The molecule has 7 heteroatoms. The zero-order valence-electron chi connectivity index (χ0n) is 9.16. The second kappa shape index (κ2) is 4.65. The quantitative estimate of drug-likeness (QED) is 0.839. The second-order valence-corrected chi connectivity index (χ2v) is 4.44. The maximum atomic E-state index is 13.7. The normalized spacial score (nSPS) is 11.6. The Bertz CT molecular complexity index is 631. The number of halogens is 4. The fourth-order valence-corrected chi connectivity index (χ4v) is 2.40. The zero-order valence-corrected chi connectivity index (χ0v) is 9.98. The third-order valence-corrected chi connectivity index (χ3v) is 3.22. The van der Waals surface area contributed by atoms with Crippen molar-refractivity contribution >= 4 is 17.3 Å². The molecule has 0 amide bonds. The Morgan fingerprint density at radius 2 is 1.84 bits per heavy atom. The number of alkyl halides is 3. The zero-order chi connectivity index (χ0) is 14.2. The smallest absolute Gasteiger partial charge is 0.416 e. The van der Waals surface area contributed by atoms with E-state index < -0.39 is 23.5 Å². The highest BCUT2D eigenvalue weighted by Crippen LogP contribution is 2.34. The average Bonchev–Trinajstić information content (AvgIpc) is 2.76. The van der Waals surface area contributed by atoms with Gasteiger partial charge in [-0.15, -0.1) is 0 Å². The first kappa shape index (κ1) is 13.5. The van der Waals surface area contributed by atoms with Gasteiger partial charge in [-0.05, 0) is 17.5 Å². The highest BCUT2D eigenvalue weighted by atomic mass is 32.1. The summed E-state index contributed by atoms with van der Waals surface area (Å²) in [5.41, 5.74) is -1.33. The van der Waals surface area contributed by atoms with Gasteiger partial charge in [-0.1, -0.05) is 6.07 Å². The van der Waals surface area contributed by atoms with Crippen molar-refractivity contribution < 1.29 is 27.5 Å². The summed E-state index contributed by atoms with van der Waals surface area (Å²) in [6.07, 6.45) is -4.64. The van der Waals surface area contributed by atoms with Gasteiger partial charge in [0.15, 0.2) is 0 Å². The lowest BCUT2D eigenvalue weighted by Gasteiger charge is -2.09. The van der Waals surface area contributed by atoms with Crippen LogP contribution >= 0.6 is 11.3 Å². The first-order valence-electron chi connectivity index (χ1n) is 4.97. The molecule has 0 fully saturated rings. The van der Waals surface area contributed by atoms with Crippen LogP contribution in [0, 0.1) is 5.82 Å². The van der Waals surface area contributed by atoms with Crippen LogP contribution in [0.4, 0.5) is 17.6 Å². The summed E-state index contributed by atoms with van der Waals surface area (Å²) in [6.45, 7) is 0. The molecule has 0 unspecified atom stereocenters. The molecule has 100 valence electrons. The highest BCUT2D eigenvalue weighted by Gasteiger charge is 2.31. The molecule has 0 aliphatic rings. The van der Waals surface area contributed by atoms with Crippen LogP contribution < -0.4 is 0 Å². The third-order valence-electron chi connectivity index (χ3n) is 2.48. The van der Waals surface area contributed by atoms with E-state index in [1.54, 1.807) is 0 Å². The Labute approximate surface area is 108 Å². The minimum absolute atomic E-state index is 0.0729. The number of benzene rings is 1. The van der Waals surface area contributed by atoms with Gasteiger partial charge < -0.3 is 5.11 Å². The van der Waals surface area contributed by atoms with Crippen molar-refractivity contribution in [2.45, 2.75) is 6.18 Å². The molecule has 1 aromatic heterocycles. The molecular weight excluding hydrogens is 284 g/mol. The minimum atomic E-state index is -4.64. The minimum Gasteiger partial charge on any atom is -0.478 e. The average molecular weight is 290 g/mol. The van der Waals surface area contributed by atoms with Gasteiger partial charge in [0, 0.05) is 16.5 Å². The molecular formula is C12H6F4O2S. The van der Waals surface area contributed by atoms with Crippen molar-refractivity contribution in [3.63, 3.8) is 0 Å². The number of carboxylic acids is 1. The van der Waals surface area contributed by atoms with Crippen LogP contribution in [0.5, 0.6) is 0 Å². The largest absolute Gasteiger partial charge is 0.478 e. The van der Waals surface area contributed by atoms with E-state index in [2.05, 4.69) is 0 Å². The fraction of sp³-hybridized carbons (Fsp3) is 0.0833. The van der Waals surface area contributed by atoms with E-state index in [4.69, 9.17) is 5.11 Å². The number of hydrogen-bond acceptors (Lipinski definition) is 2. The van der Waals surface area contributed by atoms with Crippen molar-refractivity contribution in [1.29, 1.82) is 0 Å². The maximum absolute atomic E-state index is 13.7. The molecule has 1 aromatic carbocycles. The third kappa shape index (κ3) is 2.60. The molecule has 2 rings (SSSR count). The van der Waals surface area contributed by atoms with Gasteiger partial charge in [0.1, 0.15) is 5.82 Å². The number of thiophene rings is 1. The summed E-state index contributed by atoms with van der Waals surface area (Å²) in [6, 6.07) is 2.02. The molecule has 0 aliphatic heterocycles. The summed E-state index contributed by atoms with van der Waals surface area (Å²) in [5, 5.41) is 11.6. The monoisotopic (exact) mass is 290 g/mol. The van der Waals surface area contributed by atoms with E-state index in [1.807, 2.05) is 0 Å². The molecule has 0 bridgehead atoms. The number of carbonyl (C=O) groups is 1. The van der Waals surface area contributed by atoms with Crippen LogP contribution in [0.15, 0.2) is 29.0 Å². The van der Waals surface area contributed by atoms with E-state index in [1.165, 1.54) is 10.8 Å². The molecule has 2 nitrogen and oxygen atoms in total. The van der Waals surface area contributed by atoms with Gasteiger partial charge in [0.25, 0.3) is 0 Å². The van der Waals surface area contributed by atoms with Gasteiger partial charge in [-0.2, -0.15) is 24.5 Å². The summed E-state index contributed by atoms with van der Waals surface area (Å²) in [7, 11) is 0. The summed E-state index contributed by atoms with van der Waals surface area (Å²) in [5.74, 6) is -2.36. The van der Waals surface area contributed by atoms with Crippen molar-refractivity contribution in [1.82, 2.24) is 0 Å². The maximum Gasteiger partial charge on any atom is 0.416 e. The van der Waals surface area contributed by atoms with Gasteiger partial charge >= 0.3 is 12.1 Å². The topological polar surface area (TPSA) is 37.3 Å². The van der Waals surface area contributed by atoms with Crippen molar-refractivity contribution in [3.8, 4) is 11.1 Å². The van der Waals surface area contributed by atoms with E-state index >= 15 is 0 Å². The van der Waals surface area contributed by atoms with E-state index in [9.17, 15) is 22.4 Å². The van der Waals surface area contributed by atoms with Crippen LogP contribution in [0.2, 0.25) is 0 Å². The highest BCUT2D eigenvalue weighted by molar-refractivity contribution is 7.08. The Morgan fingerprint density at radius 1 is 1.16 bits per heavy atom. The summed E-state index contributed by atoms with van der Waals surface area (Å²) < 4.78 is 50.9. The van der Waals surface area contributed by atoms with Gasteiger partial charge in [-0.3, -0.25) is 0 Å². The number of hydrogen-bond donors (Lipinski definition) is 1.